The van der Waals surface area contributed by atoms with E-state index in [1.165, 1.54) is 18.3 Å². The molecule has 0 fully saturated rings. The van der Waals surface area contributed by atoms with E-state index in [2.05, 4.69) is 4.98 Å². The molecule has 3 rings (SSSR count). The Labute approximate surface area is 150 Å². The van der Waals surface area contributed by atoms with Gasteiger partial charge in [-0.15, -0.1) is 0 Å². The molecule has 0 spiro atoms. The molecule has 0 saturated heterocycles. The summed E-state index contributed by atoms with van der Waals surface area (Å²) in [7, 11) is 1.30. The number of hydrogen-bond acceptors (Lipinski definition) is 5. The predicted octanol–water partition coefficient (Wildman–Crippen LogP) is 3.57. The molecule has 0 N–H and O–H groups in total. The zero-order valence-corrected chi connectivity index (χ0v) is 15.1. The molecule has 2 heterocycles. The predicted molar refractivity (Wildman–Crippen MR) is 92.3 cm³/mol. The number of imidazole rings is 1. The van der Waals surface area contributed by atoms with Crippen LogP contribution in [0.15, 0.2) is 24.5 Å². The van der Waals surface area contributed by atoms with Gasteiger partial charge in [0.05, 0.1) is 30.7 Å². The van der Waals surface area contributed by atoms with Gasteiger partial charge >= 0.3 is 12.1 Å². The van der Waals surface area contributed by atoms with Gasteiger partial charge in [0.1, 0.15) is 11.9 Å². The number of nitrogens with zero attached hydrogens (tertiary/aromatic N) is 3. The van der Waals surface area contributed by atoms with Crippen LogP contribution >= 0.6 is 11.6 Å². The Balaban J connectivity index is 2.10. The van der Waals surface area contributed by atoms with Crippen LogP contribution in [0.4, 0.5) is 10.5 Å². The summed E-state index contributed by atoms with van der Waals surface area (Å²) in [4.78, 5) is 30.3. The number of hydrogen-bond donors (Lipinski definition) is 0. The van der Waals surface area contributed by atoms with E-state index in [4.69, 9.17) is 21.1 Å². The molecule has 25 heavy (non-hydrogen) atoms. The summed E-state index contributed by atoms with van der Waals surface area (Å²) in [6.07, 6.45) is 0.988. The van der Waals surface area contributed by atoms with Gasteiger partial charge in [0.2, 0.25) is 0 Å². The lowest BCUT2D eigenvalue weighted by atomic mass is 10.1. The number of anilines is 1. The third-order valence-corrected chi connectivity index (χ3v) is 3.88. The third-order valence-electron chi connectivity index (χ3n) is 3.65. The van der Waals surface area contributed by atoms with Crippen molar-refractivity contribution in [1.29, 1.82) is 0 Å². The standard InChI is InChI=1S/C17H18ClN3O4/c1-17(2,3)25-15(22)14-13-8-20(16(23)24-4)12-7-10(18)5-6-11(12)21(13)9-19-14/h5-7,9H,8H2,1-4H3. The van der Waals surface area contributed by atoms with Crippen LogP contribution in [-0.2, 0) is 16.0 Å². The minimum Gasteiger partial charge on any atom is -0.455 e. The Kier molecular flexibility index (Phi) is 4.20. The highest BCUT2D eigenvalue weighted by molar-refractivity contribution is 6.31. The maximum Gasteiger partial charge on any atom is 0.414 e. The molecule has 0 unspecified atom stereocenters. The highest BCUT2D eigenvalue weighted by Gasteiger charge is 2.33. The molecule has 1 aromatic carbocycles. The van der Waals surface area contributed by atoms with Gasteiger partial charge in [-0.05, 0) is 39.0 Å². The summed E-state index contributed by atoms with van der Waals surface area (Å²) in [5.41, 5.74) is 1.34. The van der Waals surface area contributed by atoms with E-state index in [1.807, 2.05) is 0 Å². The van der Waals surface area contributed by atoms with E-state index < -0.39 is 17.7 Å². The molecular formula is C17H18ClN3O4. The van der Waals surface area contributed by atoms with Crippen LogP contribution in [0.1, 0.15) is 37.0 Å². The van der Waals surface area contributed by atoms with Gasteiger partial charge in [0, 0.05) is 5.02 Å². The van der Waals surface area contributed by atoms with Gasteiger partial charge in [-0.2, -0.15) is 0 Å². The SMILES string of the molecule is COC(=O)N1Cc2c(C(=O)OC(C)(C)C)ncn2-c2ccc(Cl)cc21. The van der Waals surface area contributed by atoms with Crippen LogP contribution in [0.2, 0.25) is 5.02 Å². The number of halogens is 1. The lowest BCUT2D eigenvalue weighted by Crippen LogP contribution is -2.36. The van der Waals surface area contributed by atoms with Gasteiger partial charge < -0.3 is 9.47 Å². The number of methoxy groups -OCH3 is 1. The summed E-state index contributed by atoms with van der Waals surface area (Å²) in [5, 5.41) is 0.489. The quantitative estimate of drug-likeness (QED) is 0.724. The topological polar surface area (TPSA) is 73.7 Å². The van der Waals surface area contributed by atoms with E-state index in [1.54, 1.807) is 43.5 Å². The fraction of sp³-hybridized carbons (Fsp3) is 0.353. The Hall–Kier alpha value is -2.54. The maximum atomic E-state index is 12.5. The van der Waals surface area contributed by atoms with Crippen LogP contribution in [0, 0.1) is 0 Å². The number of rotatable bonds is 1. The molecule has 7 nitrogen and oxygen atoms in total. The molecule has 1 aliphatic heterocycles. The number of carbonyl (C=O) groups is 2. The highest BCUT2D eigenvalue weighted by Crippen LogP contribution is 2.35. The van der Waals surface area contributed by atoms with Crippen molar-refractivity contribution < 1.29 is 19.1 Å². The lowest BCUT2D eigenvalue weighted by Gasteiger charge is -2.30. The number of amides is 1. The average molecular weight is 364 g/mol. The fourth-order valence-corrected chi connectivity index (χ4v) is 2.82. The Morgan fingerprint density at radius 2 is 1.96 bits per heavy atom. The molecule has 0 saturated carbocycles. The molecule has 0 radical (unpaired) electrons. The Bertz CT molecular complexity index is 854. The van der Waals surface area contributed by atoms with E-state index >= 15 is 0 Å². The molecule has 1 aliphatic rings. The van der Waals surface area contributed by atoms with Gasteiger partial charge in [0.15, 0.2) is 5.69 Å². The van der Waals surface area contributed by atoms with Gasteiger partial charge in [-0.1, -0.05) is 11.6 Å². The number of esters is 1. The van der Waals surface area contributed by atoms with Crippen LogP contribution in [0.5, 0.6) is 0 Å². The van der Waals surface area contributed by atoms with Gasteiger partial charge in [0.25, 0.3) is 0 Å². The lowest BCUT2D eigenvalue weighted by molar-refractivity contribution is 0.00618. The zero-order valence-electron chi connectivity index (χ0n) is 14.4. The van der Waals surface area contributed by atoms with Crippen LogP contribution < -0.4 is 4.90 Å². The molecule has 0 atom stereocenters. The molecular weight excluding hydrogens is 346 g/mol. The maximum absolute atomic E-state index is 12.5. The number of benzene rings is 1. The smallest absolute Gasteiger partial charge is 0.414 e. The second kappa shape index (κ2) is 6.07. The second-order valence-corrected chi connectivity index (χ2v) is 7.04. The van der Waals surface area contributed by atoms with Crippen molar-refractivity contribution in [1.82, 2.24) is 9.55 Å². The first-order valence-corrected chi connectivity index (χ1v) is 8.04. The summed E-state index contributed by atoms with van der Waals surface area (Å²) in [6.45, 7) is 5.47. The van der Waals surface area contributed by atoms with Gasteiger partial charge in [-0.3, -0.25) is 9.47 Å². The number of ether oxygens (including phenoxy) is 2. The molecule has 0 bridgehead atoms. The number of aromatic nitrogens is 2. The van der Waals surface area contributed by atoms with Crippen molar-refractivity contribution in [3.05, 3.63) is 40.9 Å². The summed E-state index contributed by atoms with van der Waals surface area (Å²) in [6, 6.07) is 5.14. The molecule has 0 aliphatic carbocycles. The van der Waals surface area contributed by atoms with Crippen molar-refractivity contribution in [3.8, 4) is 5.69 Å². The van der Waals surface area contributed by atoms with E-state index in [0.29, 0.717) is 22.1 Å². The van der Waals surface area contributed by atoms with E-state index in [9.17, 15) is 9.59 Å². The van der Waals surface area contributed by atoms with Crippen molar-refractivity contribution in [2.75, 3.05) is 12.0 Å². The minimum absolute atomic E-state index is 0.120. The number of fused-ring (bicyclic) bond motifs is 3. The molecule has 2 aromatic rings. The zero-order chi connectivity index (χ0) is 18.4. The third kappa shape index (κ3) is 3.19. The van der Waals surface area contributed by atoms with Crippen LogP contribution in [0.25, 0.3) is 5.69 Å². The van der Waals surface area contributed by atoms with E-state index in [-0.39, 0.29) is 12.2 Å². The summed E-state index contributed by atoms with van der Waals surface area (Å²) < 4.78 is 12.0. The summed E-state index contributed by atoms with van der Waals surface area (Å²) >= 11 is 6.07. The largest absolute Gasteiger partial charge is 0.455 e. The first-order valence-electron chi connectivity index (χ1n) is 7.66. The van der Waals surface area contributed by atoms with Crippen molar-refractivity contribution in [3.63, 3.8) is 0 Å². The Morgan fingerprint density at radius 1 is 1.24 bits per heavy atom. The second-order valence-electron chi connectivity index (χ2n) is 6.60. The number of carbonyl (C=O) groups excluding carboxylic acids is 2. The van der Waals surface area contributed by atoms with Gasteiger partial charge in [-0.25, -0.2) is 14.6 Å². The first-order chi connectivity index (χ1) is 11.7. The molecule has 1 amide bonds. The molecule has 1 aromatic heterocycles. The van der Waals surface area contributed by atoms with E-state index in [0.717, 1.165) is 0 Å². The highest BCUT2D eigenvalue weighted by atomic mass is 35.5. The first kappa shape index (κ1) is 17.3. The summed E-state index contributed by atoms with van der Waals surface area (Å²) in [5.74, 6) is -0.538. The molecule has 8 heteroatoms. The monoisotopic (exact) mass is 363 g/mol. The fourth-order valence-electron chi connectivity index (χ4n) is 2.65. The minimum atomic E-state index is -0.643. The van der Waals surface area contributed by atoms with Crippen LogP contribution in [0.3, 0.4) is 0 Å². The van der Waals surface area contributed by atoms with Crippen molar-refractivity contribution in [2.24, 2.45) is 0 Å². The molecule has 132 valence electrons. The average Bonchev–Trinajstić information content (AvgIpc) is 2.95. The van der Waals surface area contributed by atoms with Crippen molar-refractivity contribution in [2.45, 2.75) is 32.9 Å². The van der Waals surface area contributed by atoms with Crippen LogP contribution in [-0.4, -0.2) is 34.3 Å². The normalized spacial score (nSPS) is 13.1. The Morgan fingerprint density at radius 3 is 2.60 bits per heavy atom. The van der Waals surface area contributed by atoms with Crippen molar-refractivity contribution >= 4 is 29.4 Å².